The Morgan fingerprint density at radius 2 is 2.06 bits per heavy atom. The molecule has 0 spiro atoms. The van der Waals surface area contributed by atoms with Gasteiger partial charge in [-0.2, -0.15) is 0 Å². The zero-order chi connectivity index (χ0) is 21.6. The van der Waals surface area contributed by atoms with E-state index in [1.54, 1.807) is 42.7 Å². The molecule has 1 amide bonds. The molecule has 31 heavy (non-hydrogen) atoms. The number of imidazole rings is 1. The predicted octanol–water partition coefficient (Wildman–Crippen LogP) is 4.14. The molecule has 0 aliphatic heterocycles. The largest absolute Gasteiger partial charge is 0.493 e. The Balaban J connectivity index is 1.52. The third kappa shape index (κ3) is 5.00. The number of methoxy groups -OCH3 is 1. The first kappa shape index (κ1) is 20.8. The highest BCUT2D eigenvalue weighted by atomic mass is 32.1. The van der Waals surface area contributed by atoms with Crippen LogP contribution in [0.3, 0.4) is 0 Å². The van der Waals surface area contributed by atoms with E-state index < -0.39 is 0 Å². The number of para-hydroxylation sites is 2. The molecule has 160 valence electrons. The number of carbonyl (C=O) groups is 1. The number of aryl methyl sites for hydroxylation is 1. The van der Waals surface area contributed by atoms with Crippen molar-refractivity contribution in [3.8, 4) is 11.5 Å². The molecule has 0 fully saturated rings. The van der Waals surface area contributed by atoms with E-state index in [1.165, 1.54) is 23.5 Å². The lowest BCUT2D eigenvalue weighted by Gasteiger charge is -2.20. The second kappa shape index (κ2) is 9.57. The number of nitrogens with zero attached hydrogens (tertiary/aromatic N) is 4. The summed E-state index contributed by atoms with van der Waals surface area (Å²) in [6.45, 7) is 0.973. The van der Waals surface area contributed by atoms with Crippen LogP contribution in [0.25, 0.3) is 10.2 Å². The SMILES string of the molecule is COc1ccccc1OCC(=O)N(CCCn1ccnc1)c1nc2ccc(F)cc2s1. The van der Waals surface area contributed by atoms with Crippen molar-refractivity contribution in [1.82, 2.24) is 14.5 Å². The van der Waals surface area contributed by atoms with E-state index in [1.807, 2.05) is 22.9 Å². The molecule has 0 aliphatic carbocycles. The molecule has 7 nitrogen and oxygen atoms in total. The monoisotopic (exact) mass is 440 g/mol. The molecule has 4 aromatic rings. The Morgan fingerprint density at radius 1 is 1.23 bits per heavy atom. The minimum absolute atomic E-state index is 0.171. The molecule has 4 rings (SSSR count). The molecule has 2 aromatic carbocycles. The van der Waals surface area contributed by atoms with Gasteiger partial charge in [0.05, 0.1) is 23.7 Å². The Bertz CT molecular complexity index is 1160. The highest BCUT2D eigenvalue weighted by Crippen LogP contribution is 2.30. The van der Waals surface area contributed by atoms with E-state index in [0.29, 0.717) is 46.4 Å². The molecule has 2 heterocycles. The summed E-state index contributed by atoms with van der Waals surface area (Å²) in [6.07, 6.45) is 6.02. The zero-order valence-corrected chi connectivity index (χ0v) is 17.7. The maximum atomic E-state index is 13.6. The number of hydrogen-bond donors (Lipinski definition) is 0. The summed E-state index contributed by atoms with van der Waals surface area (Å²) in [5, 5.41) is 0.514. The number of hydrogen-bond acceptors (Lipinski definition) is 6. The van der Waals surface area contributed by atoms with Crippen molar-refractivity contribution in [2.75, 3.05) is 25.2 Å². The van der Waals surface area contributed by atoms with Crippen molar-refractivity contribution in [1.29, 1.82) is 0 Å². The van der Waals surface area contributed by atoms with E-state index in [9.17, 15) is 9.18 Å². The number of ether oxygens (including phenoxy) is 2. The van der Waals surface area contributed by atoms with Crippen molar-refractivity contribution < 1.29 is 18.7 Å². The van der Waals surface area contributed by atoms with Gasteiger partial charge in [0.2, 0.25) is 0 Å². The Labute approximate surface area is 182 Å². The van der Waals surface area contributed by atoms with Crippen LogP contribution in [0.4, 0.5) is 9.52 Å². The van der Waals surface area contributed by atoms with Crippen LogP contribution in [0.1, 0.15) is 6.42 Å². The molecule has 0 aliphatic rings. The fourth-order valence-corrected chi connectivity index (χ4v) is 4.15. The van der Waals surface area contributed by atoms with Crippen LogP contribution < -0.4 is 14.4 Å². The van der Waals surface area contributed by atoms with E-state index in [4.69, 9.17) is 9.47 Å². The van der Waals surface area contributed by atoms with E-state index >= 15 is 0 Å². The van der Waals surface area contributed by atoms with E-state index in [2.05, 4.69) is 9.97 Å². The molecule has 0 radical (unpaired) electrons. The van der Waals surface area contributed by atoms with Gasteiger partial charge in [-0.3, -0.25) is 9.69 Å². The summed E-state index contributed by atoms with van der Waals surface area (Å²) in [5.41, 5.74) is 0.652. The number of anilines is 1. The highest BCUT2D eigenvalue weighted by molar-refractivity contribution is 7.22. The van der Waals surface area contributed by atoms with Gasteiger partial charge in [-0.15, -0.1) is 0 Å². The Hall–Kier alpha value is -3.46. The molecule has 0 unspecified atom stereocenters. The van der Waals surface area contributed by atoms with E-state index in [-0.39, 0.29) is 18.3 Å². The molecule has 0 saturated heterocycles. The topological polar surface area (TPSA) is 69.5 Å². The van der Waals surface area contributed by atoms with Crippen molar-refractivity contribution in [3.05, 3.63) is 67.0 Å². The second-order valence-corrected chi connectivity index (χ2v) is 7.76. The number of thiazole rings is 1. The van der Waals surface area contributed by atoms with Crippen molar-refractivity contribution in [3.63, 3.8) is 0 Å². The average Bonchev–Trinajstić information content (AvgIpc) is 3.44. The fraction of sp³-hybridized carbons (Fsp3) is 0.227. The minimum atomic E-state index is -0.333. The summed E-state index contributed by atoms with van der Waals surface area (Å²) >= 11 is 1.28. The summed E-state index contributed by atoms with van der Waals surface area (Å²) in [7, 11) is 1.55. The normalized spacial score (nSPS) is 10.9. The lowest BCUT2D eigenvalue weighted by Crippen LogP contribution is -2.36. The fourth-order valence-electron chi connectivity index (χ4n) is 3.11. The molecule has 9 heteroatoms. The maximum Gasteiger partial charge on any atom is 0.266 e. The summed E-state index contributed by atoms with van der Waals surface area (Å²) < 4.78 is 27.2. The number of carbonyl (C=O) groups excluding carboxylic acids is 1. The smallest absolute Gasteiger partial charge is 0.266 e. The van der Waals surface area contributed by atoms with Gasteiger partial charge >= 0.3 is 0 Å². The van der Waals surface area contributed by atoms with Gasteiger partial charge < -0.3 is 14.0 Å². The first-order valence-electron chi connectivity index (χ1n) is 9.72. The number of rotatable bonds is 9. The van der Waals surface area contributed by atoms with Crippen molar-refractivity contribution in [2.45, 2.75) is 13.0 Å². The van der Waals surface area contributed by atoms with Gasteiger partial charge in [0.1, 0.15) is 5.82 Å². The predicted molar refractivity (Wildman–Crippen MR) is 117 cm³/mol. The Morgan fingerprint density at radius 3 is 2.84 bits per heavy atom. The number of amides is 1. The van der Waals surface area contributed by atoms with Crippen LogP contribution in [0, 0.1) is 5.82 Å². The number of aromatic nitrogens is 3. The average molecular weight is 441 g/mol. The molecule has 0 saturated carbocycles. The third-order valence-corrected chi connectivity index (χ3v) is 5.69. The lowest BCUT2D eigenvalue weighted by molar-refractivity contribution is -0.120. The van der Waals surface area contributed by atoms with Gasteiger partial charge in [0, 0.05) is 25.5 Å². The molecule has 0 atom stereocenters. The Kier molecular flexibility index (Phi) is 6.42. The van der Waals surface area contributed by atoms with Crippen LogP contribution in [0.15, 0.2) is 61.2 Å². The van der Waals surface area contributed by atoms with Crippen LogP contribution in [0.5, 0.6) is 11.5 Å². The van der Waals surface area contributed by atoms with Crippen molar-refractivity contribution >= 4 is 32.6 Å². The van der Waals surface area contributed by atoms with Crippen LogP contribution >= 0.6 is 11.3 Å². The maximum absolute atomic E-state index is 13.6. The van der Waals surface area contributed by atoms with Gasteiger partial charge in [-0.25, -0.2) is 14.4 Å². The van der Waals surface area contributed by atoms with Crippen LogP contribution in [-0.4, -0.2) is 40.7 Å². The first-order chi connectivity index (χ1) is 15.1. The second-order valence-electron chi connectivity index (χ2n) is 6.75. The zero-order valence-electron chi connectivity index (χ0n) is 16.9. The summed E-state index contributed by atoms with van der Waals surface area (Å²) in [5.74, 6) is 0.469. The van der Waals surface area contributed by atoms with Gasteiger partial charge in [0.25, 0.3) is 5.91 Å². The molecule has 0 N–H and O–H groups in total. The van der Waals surface area contributed by atoms with Gasteiger partial charge in [0.15, 0.2) is 23.2 Å². The third-order valence-electron chi connectivity index (χ3n) is 4.65. The molecule has 2 aromatic heterocycles. The minimum Gasteiger partial charge on any atom is -0.493 e. The molecular formula is C22H21FN4O3S. The van der Waals surface area contributed by atoms with Crippen LogP contribution in [-0.2, 0) is 11.3 Å². The quantitative estimate of drug-likeness (QED) is 0.391. The standard InChI is InChI=1S/C22H21FN4O3S/c1-29-18-5-2-3-6-19(18)30-14-21(28)27(11-4-10-26-12-9-24-15-26)22-25-17-8-7-16(23)13-20(17)31-22/h2-3,5-9,12-13,15H,4,10-11,14H2,1H3. The summed E-state index contributed by atoms with van der Waals surface area (Å²) in [6, 6.07) is 11.6. The number of benzene rings is 2. The first-order valence-corrected chi connectivity index (χ1v) is 10.5. The molecule has 0 bridgehead atoms. The number of halogens is 1. The highest BCUT2D eigenvalue weighted by Gasteiger charge is 2.21. The van der Waals surface area contributed by atoms with E-state index in [0.717, 1.165) is 0 Å². The number of fused-ring (bicyclic) bond motifs is 1. The summed E-state index contributed by atoms with van der Waals surface area (Å²) in [4.78, 5) is 23.3. The van der Waals surface area contributed by atoms with Crippen molar-refractivity contribution in [2.24, 2.45) is 0 Å². The lowest BCUT2D eigenvalue weighted by atomic mass is 10.3. The molecular weight excluding hydrogens is 419 g/mol. The van der Waals surface area contributed by atoms with Gasteiger partial charge in [-0.05, 0) is 36.8 Å². The van der Waals surface area contributed by atoms with Crippen LogP contribution in [0.2, 0.25) is 0 Å². The van der Waals surface area contributed by atoms with Gasteiger partial charge in [-0.1, -0.05) is 23.5 Å².